The molecule has 0 aliphatic carbocycles. The van der Waals surface area contributed by atoms with Crippen LogP contribution in [0.15, 0.2) is 30.5 Å². The van der Waals surface area contributed by atoms with Gasteiger partial charge in [0.05, 0.1) is 22.5 Å². The summed E-state index contributed by atoms with van der Waals surface area (Å²) in [6, 6.07) is 5.29. The molecule has 0 unspecified atom stereocenters. The zero-order valence-corrected chi connectivity index (χ0v) is 9.38. The second-order valence-electron chi connectivity index (χ2n) is 3.91. The van der Waals surface area contributed by atoms with Gasteiger partial charge < -0.3 is 4.90 Å². The summed E-state index contributed by atoms with van der Waals surface area (Å²) >= 11 is 6.05. The van der Waals surface area contributed by atoms with Gasteiger partial charge in [-0.05, 0) is 12.1 Å². The second-order valence-corrected chi connectivity index (χ2v) is 4.32. The largest absolute Gasteiger partial charge is 0.325 e. The number of alkyl halides is 2. The van der Waals surface area contributed by atoms with Crippen molar-refractivity contribution >= 4 is 28.3 Å². The summed E-state index contributed by atoms with van der Waals surface area (Å²) < 4.78 is 26.2. The van der Waals surface area contributed by atoms with E-state index in [-0.39, 0.29) is 0 Å². The van der Waals surface area contributed by atoms with Crippen LogP contribution in [0.4, 0.5) is 14.6 Å². The first-order valence-electron chi connectivity index (χ1n) is 5.03. The van der Waals surface area contributed by atoms with Crippen molar-refractivity contribution in [1.82, 2.24) is 10.2 Å². The molecule has 3 rings (SSSR count). The third-order valence-electron chi connectivity index (χ3n) is 2.67. The van der Waals surface area contributed by atoms with Gasteiger partial charge in [-0.3, -0.25) is 5.10 Å². The fraction of sp³-hybridized carbons (Fsp3) is 0.182. The summed E-state index contributed by atoms with van der Waals surface area (Å²) in [6.45, 7) is -0.405. The highest BCUT2D eigenvalue weighted by Crippen LogP contribution is 2.34. The van der Waals surface area contributed by atoms with Crippen LogP contribution in [0.5, 0.6) is 0 Å². The molecular formula is C11H8ClF2N3. The number of hydrogen-bond acceptors (Lipinski definition) is 2. The molecule has 0 atom stereocenters. The Hall–Kier alpha value is -1.62. The topological polar surface area (TPSA) is 31.9 Å². The van der Waals surface area contributed by atoms with Crippen LogP contribution in [0.2, 0.25) is 5.02 Å². The van der Waals surface area contributed by atoms with Crippen LogP contribution in [-0.4, -0.2) is 22.7 Å². The lowest BCUT2D eigenvalue weighted by molar-refractivity contribution is 0.0728. The molecule has 1 N–H and O–H groups in total. The Bertz CT molecular complexity index is 606. The number of anilines is 1. The van der Waals surface area contributed by atoms with E-state index in [1.54, 1.807) is 18.2 Å². The second kappa shape index (κ2) is 3.43. The summed E-state index contributed by atoms with van der Waals surface area (Å²) in [6.07, 6.45) is 2.20. The third-order valence-corrected chi connectivity index (χ3v) is 2.99. The van der Waals surface area contributed by atoms with Gasteiger partial charge in [0.25, 0.3) is 5.92 Å². The Morgan fingerprint density at radius 3 is 2.94 bits per heavy atom. The molecule has 0 bridgehead atoms. The van der Waals surface area contributed by atoms with E-state index >= 15 is 0 Å². The van der Waals surface area contributed by atoms with E-state index in [1.165, 1.54) is 11.1 Å². The number of aromatic amines is 1. The summed E-state index contributed by atoms with van der Waals surface area (Å²) in [5.74, 6) is -2.38. The molecule has 1 aliphatic rings. The van der Waals surface area contributed by atoms with Gasteiger partial charge in [0.1, 0.15) is 0 Å². The molecule has 0 amide bonds. The zero-order chi connectivity index (χ0) is 12.0. The Kier molecular flexibility index (Phi) is 2.13. The molecule has 1 aromatic heterocycles. The number of benzene rings is 1. The SMILES string of the molecule is FC1(F)C=CN(c2n[nH]c3cccc(Cl)c23)C1. The molecular weight excluding hydrogens is 248 g/mol. The van der Waals surface area contributed by atoms with Gasteiger partial charge >= 0.3 is 0 Å². The quantitative estimate of drug-likeness (QED) is 0.849. The maximum Gasteiger partial charge on any atom is 0.285 e. The van der Waals surface area contributed by atoms with E-state index < -0.39 is 12.5 Å². The normalized spacial score (nSPS) is 18.2. The van der Waals surface area contributed by atoms with E-state index in [4.69, 9.17) is 11.6 Å². The van der Waals surface area contributed by atoms with Crippen molar-refractivity contribution in [2.45, 2.75) is 5.92 Å². The number of hydrogen-bond donors (Lipinski definition) is 1. The van der Waals surface area contributed by atoms with Crippen molar-refractivity contribution < 1.29 is 8.78 Å². The highest BCUT2D eigenvalue weighted by Gasteiger charge is 2.34. The number of nitrogens with one attached hydrogen (secondary N) is 1. The van der Waals surface area contributed by atoms with E-state index in [0.717, 1.165) is 11.6 Å². The Morgan fingerprint density at radius 1 is 1.41 bits per heavy atom. The first kappa shape index (κ1) is 10.5. The summed E-state index contributed by atoms with van der Waals surface area (Å²) in [7, 11) is 0. The third kappa shape index (κ3) is 1.67. The summed E-state index contributed by atoms with van der Waals surface area (Å²) in [5.41, 5.74) is 0.733. The maximum atomic E-state index is 13.1. The van der Waals surface area contributed by atoms with Gasteiger partial charge in [-0.2, -0.15) is 13.9 Å². The van der Waals surface area contributed by atoms with Crippen LogP contribution in [0.25, 0.3) is 10.9 Å². The first-order chi connectivity index (χ1) is 8.07. The average Bonchev–Trinajstić information content (AvgIpc) is 2.82. The molecule has 2 heterocycles. The molecule has 1 aliphatic heterocycles. The lowest BCUT2D eigenvalue weighted by atomic mass is 10.2. The molecule has 2 aromatic rings. The van der Waals surface area contributed by atoms with Crippen molar-refractivity contribution in [2.75, 3.05) is 11.4 Å². The highest BCUT2D eigenvalue weighted by atomic mass is 35.5. The van der Waals surface area contributed by atoms with Crippen molar-refractivity contribution in [1.29, 1.82) is 0 Å². The van der Waals surface area contributed by atoms with Gasteiger partial charge in [-0.25, -0.2) is 0 Å². The maximum absolute atomic E-state index is 13.1. The standard InChI is InChI=1S/C11H8ClF2N3/c12-7-2-1-3-8-9(7)10(16-15-8)17-5-4-11(13,14)6-17/h1-5H,6H2,(H,15,16). The number of rotatable bonds is 1. The predicted octanol–water partition coefficient (Wildman–Crippen LogP) is 3.19. The number of halogens is 3. The number of fused-ring (bicyclic) bond motifs is 1. The molecule has 1 aromatic carbocycles. The molecule has 0 saturated carbocycles. The Morgan fingerprint density at radius 2 is 2.24 bits per heavy atom. The van der Waals surface area contributed by atoms with E-state index in [0.29, 0.717) is 16.2 Å². The molecule has 0 radical (unpaired) electrons. The van der Waals surface area contributed by atoms with Gasteiger partial charge in [-0.15, -0.1) is 0 Å². The van der Waals surface area contributed by atoms with E-state index in [9.17, 15) is 8.78 Å². The number of H-pyrrole nitrogens is 1. The van der Waals surface area contributed by atoms with Crippen LogP contribution in [0.3, 0.4) is 0 Å². The van der Waals surface area contributed by atoms with Gasteiger partial charge in [0.2, 0.25) is 0 Å². The minimum atomic E-state index is -2.81. The molecule has 6 heteroatoms. The van der Waals surface area contributed by atoms with Gasteiger partial charge in [0.15, 0.2) is 5.82 Å². The van der Waals surface area contributed by atoms with Crippen LogP contribution in [0.1, 0.15) is 0 Å². The Labute approximate surface area is 101 Å². The van der Waals surface area contributed by atoms with Gasteiger partial charge in [0, 0.05) is 12.3 Å². The van der Waals surface area contributed by atoms with Crippen molar-refractivity contribution in [3.8, 4) is 0 Å². The molecule has 3 nitrogen and oxygen atoms in total. The Balaban J connectivity index is 2.11. The molecule has 0 fully saturated rings. The van der Waals surface area contributed by atoms with Crippen molar-refractivity contribution in [3.05, 3.63) is 35.5 Å². The lowest BCUT2D eigenvalue weighted by Crippen LogP contribution is -2.25. The molecule has 0 spiro atoms. The van der Waals surface area contributed by atoms with Crippen molar-refractivity contribution in [2.24, 2.45) is 0 Å². The van der Waals surface area contributed by atoms with Gasteiger partial charge in [-0.1, -0.05) is 17.7 Å². The average molecular weight is 256 g/mol. The van der Waals surface area contributed by atoms with Crippen LogP contribution >= 0.6 is 11.6 Å². The molecule has 0 saturated heterocycles. The minimum Gasteiger partial charge on any atom is -0.325 e. The first-order valence-corrected chi connectivity index (χ1v) is 5.41. The predicted molar refractivity (Wildman–Crippen MR) is 62.5 cm³/mol. The lowest BCUT2D eigenvalue weighted by Gasteiger charge is -2.15. The van der Waals surface area contributed by atoms with E-state index in [1.807, 2.05) is 0 Å². The van der Waals surface area contributed by atoms with Crippen LogP contribution < -0.4 is 4.90 Å². The smallest absolute Gasteiger partial charge is 0.285 e. The monoisotopic (exact) mass is 255 g/mol. The van der Waals surface area contributed by atoms with Crippen molar-refractivity contribution in [3.63, 3.8) is 0 Å². The van der Waals surface area contributed by atoms with Crippen LogP contribution in [0, 0.1) is 0 Å². The number of nitrogens with zero attached hydrogens (tertiary/aromatic N) is 2. The van der Waals surface area contributed by atoms with Crippen LogP contribution in [-0.2, 0) is 0 Å². The van der Waals surface area contributed by atoms with E-state index in [2.05, 4.69) is 10.2 Å². The fourth-order valence-electron chi connectivity index (χ4n) is 1.90. The minimum absolute atomic E-state index is 0.405. The highest BCUT2D eigenvalue weighted by molar-refractivity contribution is 6.36. The summed E-state index contributed by atoms with van der Waals surface area (Å²) in [5, 5.41) is 7.97. The molecule has 88 valence electrons. The number of aromatic nitrogens is 2. The summed E-state index contributed by atoms with van der Waals surface area (Å²) in [4.78, 5) is 1.39. The zero-order valence-electron chi connectivity index (χ0n) is 8.62. The fourth-order valence-corrected chi connectivity index (χ4v) is 2.16. The molecule has 17 heavy (non-hydrogen) atoms.